The number of nitrogens with one attached hydrogen (secondary N) is 2. The fourth-order valence-electron chi connectivity index (χ4n) is 3.57. The van der Waals surface area contributed by atoms with Crippen molar-refractivity contribution in [3.63, 3.8) is 0 Å². The van der Waals surface area contributed by atoms with Crippen molar-refractivity contribution in [2.75, 3.05) is 32.4 Å². The minimum Gasteiger partial charge on any atom is -0.497 e. The molecule has 38 heavy (non-hydrogen) atoms. The Bertz CT molecular complexity index is 1390. The Balaban J connectivity index is 1.57. The SMILES string of the molecule is COc1ccc(NC(=O)CSc2nnc(CNC(=O)c3ccccc3)n2-c2cc(OC)ccc2OC)cc1. The van der Waals surface area contributed by atoms with Crippen LogP contribution in [0.3, 0.4) is 0 Å². The van der Waals surface area contributed by atoms with Crippen molar-refractivity contribution in [1.29, 1.82) is 0 Å². The Labute approximate surface area is 224 Å². The average molecular weight is 534 g/mol. The first-order valence-electron chi connectivity index (χ1n) is 11.6. The van der Waals surface area contributed by atoms with Gasteiger partial charge < -0.3 is 24.8 Å². The van der Waals surface area contributed by atoms with Crippen molar-refractivity contribution in [3.05, 3.63) is 84.2 Å². The number of hydrogen-bond acceptors (Lipinski definition) is 8. The molecule has 10 nitrogen and oxygen atoms in total. The molecule has 0 aliphatic rings. The number of carbonyl (C=O) groups excluding carboxylic acids is 2. The maximum atomic E-state index is 12.7. The summed E-state index contributed by atoms with van der Waals surface area (Å²) >= 11 is 1.20. The van der Waals surface area contributed by atoms with Crippen molar-refractivity contribution >= 4 is 29.3 Å². The van der Waals surface area contributed by atoms with Gasteiger partial charge in [-0.2, -0.15) is 0 Å². The fourth-order valence-corrected chi connectivity index (χ4v) is 4.34. The summed E-state index contributed by atoms with van der Waals surface area (Å²) in [4.78, 5) is 25.3. The van der Waals surface area contributed by atoms with Crippen molar-refractivity contribution < 1.29 is 23.8 Å². The molecule has 3 aromatic carbocycles. The molecule has 2 N–H and O–H groups in total. The van der Waals surface area contributed by atoms with Crippen LogP contribution in [-0.4, -0.2) is 53.7 Å². The summed E-state index contributed by atoms with van der Waals surface area (Å²) in [5.41, 5.74) is 1.79. The summed E-state index contributed by atoms with van der Waals surface area (Å²) in [5, 5.41) is 14.8. The van der Waals surface area contributed by atoms with E-state index in [1.807, 2.05) is 6.07 Å². The van der Waals surface area contributed by atoms with Crippen LogP contribution in [0.1, 0.15) is 16.2 Å². The number of nitrogens with zero attached hydrogens (tertiary/aromatic N) is 3. The van der Waals surface area contributed by atoms with Gasteiger partial charge in [0.05, 0.1) is 39.3 Å². The number of rotatable bonds is 11. The number of ether oxygens (including phenoxy) is 3. The van der Waals surface area contributed by atoms with Crippen molar-refractivity contribution in [2.24, 2.45) is 0 Å². The molecule has 11 heteroatoms. The van der Waals surface area contributed by atoms with E-state index in [0.29, 0.717) is 45.2 Å². The zero-order chi connectivity index (χ0) is 26.9. The van der Waals surface area contributed by atoms with Crippen LogP contribution < -0.4 is 24.8 Å². The van der Waals surface area contributed by atoms with E-state index >= 15 is 0 Å². The van der Waals surface area contributed by atoms with Gasteiger partial charge in [-0.05, 0) is 48.5 Å². The molecule has 0 unspecified atom stereocenters. The number of hydrogen-bond donors (Lipinski definition) is 2. The van der Waals surface area contributed by atoms with E-state index in [2.05, 4.69) is 20.8 Å². The zero-order valence-corrected chi connectivity index (χ0v) is 22.0. The fraction of sp³-hybridized carbons (Fsp3) is 0.185. The third-order valence-corrected chi connectivity index (χ3v) is 6.41. The quantitative estimate of drug-likeness (QED) is 0.279. The van der Waals surface area contributed by atoms with Gasteiger partial charge >= 0.3 is 0 Å². The van der Waals surface area contributed by atoms with E-state index in [1.165, 1.54) is 11.8 Å². The summed E-state index contributed by atoms with van der Waals surface area (Å²) in [5.74, 6) is 1.92. The van der Waals surface area contributed by atoms with Gasteiger partial charge in [-0.3, -0.25) is 14.2 Å². The number of thioether (sulfide) groups is 1. The first-order valence-corrected chi connectivity index (χ1v) is 12.6. The molecule has 0 radical (unpaired) electrons. The molecule has 4 aromatic rings. The molecule has 196 valence electrons. The largest absolute Gasteiger partial charge is 0.497 e. The van der Waals surface area contributed by atoms with Gasteiger partial charge in [-0.15, -0.1) is 10.2 Å². The second-order valence-corrected chi connectivity index (χ2v) is 8.83. The molecule has 0 saturated heterocycles. The Morgan fingerprint density at radius 2 is 1.58 bits per heavy atom. The molecule has 0 bridgehead atoms. The summed E-state index contributed by atoms with van der Waals surface area (Å²) < 4.78 is 17.9. The van der Waals surface area contributed by atoms with Gasteiger partial charge in [-0.25, -0.2) is 0 Å². The Hall–Kier alpha value is -4.51. The predicted octanol–water partition coefficient (Wildman–Crippen LogP) is 3.95. The van der Waals surface area contributed by atoms with Crippen LogP contribution in [0.2, 0.25) is 0 Å². The van der Waals surface area contributed by atoms with Gasteiger partial charge in [-0.1, -0.05) is 30.0 Å². The van der Waals surface area contributed by atoms with Crippen molar-refractivity contribution in [2.45, 2.75) is 11.7 Å². The van der Waals surface area contributed by atoms with E-state index in [0.717, 1.165) is 0 Å². The third kappa shape index (κ3) is 6.43. The van der Waals surface area contributed by atoms with E-state index in [4.69, 9.17) is 14.2 Å². The third-order valence-electron chi connectivity index (χ3n) is 5.48. The summed E-state index contributed by atoms with van der Waals surface area (Å²) in [6.45, 7) is 0.0969. The van der Waals surface area contributed by atoms with Crippen LogP contribution in [0.5, 0.6) is 17.2 Å². The molecular formula is C27H27N5O5S. The maximum absolute atomic E-state index is 12.7. The van der Waals surface area contributed by atoms with Crippen LogP contribution in [0, 0.1) is 0 Å². The molecule has 0 atom stereocenters. The molecule has 1 heterocycles. The second kappa shape index (κ2) is 12.6. The minimum atomic E-state index is -0.245. The minimum absolute atomic E-state index is 0.0762. The van der Waals surface area contributed by atoms with Gasteiger partial charge in [0.2, 0.25) is 5.91 Å². The summed E-state index contributed by atoms with van der Waals surface area (Å²) in [7, 11) is 4.71. The Kier molecular flexibility index (Phi) is 8.83. The van der Waals surface area contributed by atoms with Crippen LogP contribution in [0.15, 0.2) is 78.0 Å². The molecule has 0 saturated carbocycles. The Morgan fingerprint density at radius 3 is 2.26 bits per heavy atom. The monoisotopic (exact) mass is 533 g/mol. The lowest BCUT2D eigenvalue weighted by atomic mass is 10.2. The summed E-state index contributed by atoms with van der Waals surface area (Å²) in [6.07, 6.45) is 0. The highest BCUT2D eigenvalue weighted by Crippen LogP contribution is 2.32. The van der Waals surface area contributed by atoms with Crippen molar-refractivity contribution in [1.82, 2.24) is 20.1 Å². The normalized spacial score (nSPS) is 10.5. The van der Waals surface area contributed by atoms with Gasteiger partial charge in [0.25, 0.3) is 5.91 Å². The Morgan fingerprint density at radius 1 is 0.868 bits per heavy atom. The van der Waals surface area contributed by atoms with E-state index in [1.54, 1.807) is 92.6 Å². The average Bonchev–Trinajstić information content (AvgIpc) is 3.37. The van der Waals surface area contributed by atoms with E-state index in [-0.39, 0.29) is 24.1 Å². The number of carbonyl (C=O) groups is 2. The highest BCUT2D eigenvalue weighted by molar-refractivity contribution is 7.99. The number of anilines is 1. The van der Waals surface area contributed by atoms with Crippen LogP contribution in [-0.2, 0) is 11.3 Å². The highest BCUT2D eigenvalue weighted by atomic mass is 32.2. The smallest absolute Gasteiger partial charge is 0.251 e. The molecule has 2 amide bonds. The first-order chi connectivity index (χ1) is 18.5. The van der Waals surface area contributed by atoms with Crippen LogP contribution in [0.4, 0.5) is 5.69 Å². The zero-order valence-electron chi connectivity index (χ0n) is 21.1. The number of methoxy groups -OCH3 is 3. The standard InChI is InChI=1S/C27H27N5O5S/c1-35-20-11-9-19(10-12-20)29-25(33)17-38-27-31-30-24(16-28-26(34)18-7-5-4-6-8-18)32(27)22-15-21(36-2)13-14-23(22)37-3/h4-15H,16-17H2,1-3H3,(H,28,34)(H,29,33). The van der Waals surface area contributed by atoms with Gasteiger partial charge in [0.1, 0.15) is 17.2 Å². The first kappa shape index (κ1) is 26.6. The molecule has 0 aliphatic carbocycles. The lowest BCUT2D eigenvalue weighted by Crippen LogP contribution is -2.24. The second-order valence-electron chi connectivity index (χ2n) is 7.89. The van der Waals surface area contributed by atoms with E-state index in [9.17, 15) is 9.59 Å². The van der Waals surface area contributed by atoms with Gasteiger partial charge in [0.15, 0.2) is 11.0 Å². The molecular weight excluding hydrogens is 506 g/mol. The molecule has 4 rings (SSSR count). The lowest BCUT2D eigenvalue weighted by molar-refractivity contribution is -0.113. The van der Waals surface area contributed by atoms with E-state index < -0.39 is 0 Å². The summed E-state index contributed by atoms with van der Waals surface area (Å²) in [6, 6.07) is 21.3. The molecule has 0 aliphatic heterocycles. The molecule has 1 aromatic heterocycles. The topological polar surface area (TPSA) is 117 Å². The lowest BCUT2D eigenvalue weighted by Gasteiger charge is -2.15. The van der Waals surface area contributed by atoms with Crippen LogP contribution in [0.25, 0.3) is 5.69 Å². The van der Waals surface area contributed by atoms with Gasteiger partial charge in [0, 0.05) is 17.3 Å². The molecule has 0 spiro atoms. The predicted molar refractivity (Wildman–Crippen MR) is 144 cm³/mol. The number of benzene rings is 3. The highest BCUT2D eigenvalue weighted by Gasteiger charge is 2.20. The number of amides is 2. The van der Waals surface area contributed by atoms with Crippen molar-refractivity contribution in [3.8, 4) is 22.9 Å². The van der Waals surface area contributed by atoms with Crippen LogP contribution >= 0.6 is 11.8 Å². The maximum Gasteiger partial charge on any atom is 0.251 e. The molecule has 0 fully saturated rings. The number of aromatic nitrogens is 3.